The molecule has 1 aromatic carbocycles. The van der Waals surface area contributed by atoms with E-state index in [0.29, 0.717) is 17.6 Å². The number of aliphatic hydroxyl groups is 1. The van der Waals surface area contributed by atoms with Crippen LogP contribution in [-0.4, -0.2) is 17.8 Å². The van der Waals surface area contributed by atoms with Crippen LogP contribution in [0.2, 0.25) is 0 Å². The molecule has 0 bridgehead atoms. The molecule has 0 aliphatic carbocycles. The van der Waals surface area contributed by atoms with Crippen LogP contribution in [0.3, 0.4) is 0 Å². The van der Waals surface area contributed by atoms with Crippen LogP contribution in [0.4, 0.5) is 4.39 Å². The molecule has 1 N–H and O–H groups in total. The fraction of sp³-hybridized carbons (Fsp3) is 0.500. The Labute approximate surface area is 117 Å². The topological polar surface area (TPSA) is 42.6 Å². The lowest BCUT2D eigenvalue weighted by molar-refractivity contribution is 0.000733. The average Bonchev–Trinajstić information content (AvgIpc) is 2.91. The second-order valence-electron chi connectivity index (χ2n) is 5.39. The number of furan rings is 1. The second-order valence-corrected chi connectivity index (χ2v) is 5.39. The minimum absolute atomic E-state index is 0.218. The summed E-state index contributed by atoms with van der Waals surface area (Å²) in [5, 5.41) is 10.9. The van der Waals surface area contributed by atoms with Crippen LogP contribution in [0.5, 0.6) is 0 Å². The Morgan fingerprint density at radius 3 is 3.00 bits per heavy atom. The Kier molecular flexibility index (Phi) is 4.03. The van der Waals surface area contributed by atoms with Crippen LogP contribution in [0, 0.1) is 5.82 Å². The van der Waals surface area contributed by atoms with E-state index >= 15 is 0 Å². The second kappa shape index (κ2) is 5.94. The average molecular weight is 278 g/mol. The number of rotatable bonds is 4. The van der Waals surface area contributed by atoms with E-state index < -0.39 is 11.9 Å². The van der Waals surface area contributed by atoms with Gasteiger partial charge in [0.1, 0.15) is 11.9 Å². The number of para-hydroxylation sites is 1. The van der Waals surface area contributed by atoms with E-state index in [9.17, 15) is 9.50 Å². The molecule has 0 saturated carbocycles. The number of benzene rings is 1. The van der Waals surface area contributed by atoms with Crippen molar-refractivity contribution in [2.24, 2.45) is 0 Å². The molecule has 2 unspecified atom stereocenters. The van der Waals surface area contributed by atoms with Crippen molar-refractivity contribution in [2.75, 3.05) is 6.61 Å². The van der Waals surface area contributed by atoms with E-state index in [2.05, 4.69) is 0 Å². The molecule has 1 aromatic heterocycles. The molecular weight excluding hydrogens is 259 g/mol. The highest BCUT2D eigenvalue weighted by Crippen LogP contribution is 2.29. The molecule has 1 aliphatic rings. The quantitative estimate of drug-likeness (QED) is 0.920. The minimum atomic E-state index is -0.702. The maximum atomic E-state index is 13.5. The maximum absolute atomic E-state index is 13.5. The first-order valence-corrected chi connectivity index (χ1v) is 7.21. The van der Waals surface area contributed by atoms with Crippen molar-refractivity contribution in [1.82, 2.24) is 0 Å². The largest absolute Gasteiger partial charge is 0.455 e. The van der Waals surface area contributed by atoms with E-state index in [1.807, 2.05) is 0 Å². The molecule has 1 fully saturated rings. The van der Waals surface area contributed by atoms with Gasteiger partial charge in [-0.05, 0) is 44.2 Å². The molecule has 2 heterocycles. The van der Waals surface area contributed by atoms with E-state index in [-0.39, 0.29) is 11.7 Å². The molecule has 108 valence electrons. The van der Waals surface area contributed by atoms with Gasteiger partial charge in [0, 0.05) is 12.0 Å². The number of aliphatic hydroxyl groups excluding tert-OH is 1. The fourth-order valence-corrected chi connectivity index (χ4v) is 2.73. The zero-order valence-corrected chi connectivity index (χ0v) is 11.3. The van der Waals surface area contributed by atoms with Gasteiger partial charge in [-0.1, -0.05) is 12.1 Å². The van der Waals surface area contributed by atoms with Gasteiger partial charge in [-0.3, -0.25) is 0 Å². The monoisotopic (exact) mass is 278 g/mol. The van der Waals surface area contributed by atoms with Gasteiger partial charge in [0.05, 0.1) is 6.10 Å². The van der Waals surface area contributed by atoms with Crippen molar-refractivity contribution < 1.29 is 18.7 Å². The van der Waals surface area contributed by atoms with Gasteiger partial charge >= 0.3 is 0 Å². The molecule has 1 saturated heterocycles. The summed E-state index contributed by atoms with van der Waals surface area (Å²) in [6.07, 6.45) is 4.29. The van der Waals surface area contributed by atoms with Gasteiger partial charge in [0.25, 0.3) is 0 Å². The third-order valence-electron chi connectivity index (χ3n) is 3.88. The molecule has 2 aromatic rings. The highest BCUT2D eigenvalue weighted by molar-refractivity contribution is 5.78. The molecule has 0 radical (unpaired) electrons. The molecule has 2 atom stereocenters. The fourth-order valence-electron chi connectivity index (χ4n) is 2.73. The van der Waals surface area contributed by atoms with Gasteiger partial charge < -0.3 is 14.3 Å². The molecule has 4 heteroatoms. The van der Waals surface area contributed by atoms with Gasteiger partial charge in [-0.15, -0.1) is 0 Å². The Balaban J connectivity index is 1.65. The highest BCUT2D eigenvalue weighted by atomic mass is 19.1. The van der Waals surface area contributed by atoms with Crippen molar-refractivity contribution in [3.05, 3.63) is 35.8 Å². The first-order valence-electron chi connectivity index (χ1n) is 7.21. The Bertz CT molecular complexity index is 572. The SMILES string of the molecule is OC(CCC1CCCCO1)c1cc2cccc(F)c2o1. The maximum Gasteiger partial charge on any atom is 0.170 e. The van der Waals surface area contributed by atoms with Gasteiger partial charge in [-0.25, -0.2) is 4.39 Å². The zero-order valence-electron chi connectivity index (χ0n) is 11.3. The number of hydrogen-bond donors (Lipinski definition) is 1. The van der Waals surface area contributed by atoms with Crippen LogP contribution in [0.1, 0.15) is 44.0 Å². The number of hydrogen-bond acceptors (Lipinski definition) is 3. The minimum Gasteiger partial charge on any atom is -0.455 e. The summed E-state index contributed by atoms with van der Waals surface area (Å²) in [6.45, 7) is 0.816. The van der Waals surface area contributed by atoms with Crippen molar-refractivity contribution in [3.8, 4) is 0 Å². The standard InChI is InChI=1S/C16H19FO3/c17-13-6-3-4-11-10-15(20-16(11)13)14(18)8-7-12-5-1-2-9-19-12/h3-4,6,10,12,14,18H,1-2,5,7-9H2. The van der Waals surface area contributed by atoms with Crippen molar-refractivity contribution in [1.29, 1.82) is 0 Å². The van der Waals surface area contributed by atoms with E-state index in [0.717, 1.165) is 25.9 Å². The van der Waals surface area contributed by atoms with Crippen molar-refractivity contribution in [3.63, 3.8) is 0 Å². The molecule has 0 amide bonds. The lowest BCUT2D eigenvalue weighted by Crippen LogP contribution is -2.19. The normalized spacial score (nSPS) is 21.2. The van der Waals surface area contributed by atoms with Crippen LogP contribution in [0.15, 0.2) is 28.7 Å². The highest BCUT2D eigenvalue weighted by Gasteiger charge is 2.19. The van der Waals surface area contributed by atoms with Crippen LogP contribution in [-0.2, 0) is 4.74 Å². The lowest BCUT2D eigenvalue weighted by atomic mass is 10.0. The van der Waals surface area contributed by atoms with Crippen molar-refractivity contribution >= 4 is 11.0 Å². The molecular formula is C16H19FO3. The van der Waals surface area contributed by atoms with Crippen LogP contribution in [0.25, 0.3) is 11.0 Å². The van der Waals surface area contributed by atoms with Crippen LogP contribution < -0.4 is 0 Å². The lowest BCUT2D eigenvalue weighted by Gasteiger charge is -2.23. The summed E-state index contributed by atoms with van der Waals surface area (Å²) in [6, 6.07) is 6.49. The first-order chi connectivity index (χ1) is 9.74. The molecule has 3 nitrogen and oxygen atoms in total. The predicted octanol–water partition coefficient (Wildman–Crippen LogP) is 3.95. The predicted molar refractivity (Wildman–Crippen MR) is 74.0 cm³/mol. The number of halogens is 1. The summed E-state index contributed by atoms with van der Waals surface area (Å²) in [5.74, 6) is 0.0393. The summed E-state index contributed by atoms with van der Waals surface area (Å²) < 4.78 is 24.6. The number of ether oxygens (including phenoxy) is 1. The zero-order chi connectivity index (χ0) is 13.9. The van der Waals surface area contributed by atoms with Crippen LogP contribution >= 0.6 is 0 Å². The summed E-state index contributed by atoms with van der Waals surface area (Å²) in [4.78, 5) is 0. The van der Waals surface area contributed by atoms with Crippen molar-refractivity contribution in [2.45, 2.75) is 44.3 Å². The Morgan fingerprint density at radius 1 is 1.35 bits per heavy atom. The van der Waals surface area contributed by atoms with Gasteiger partial charge in [-0.2, -0.15) is 0 Å². The van der Waals surface area contributed by atoms with E-state index in [4.69, 9.17) is 9.15 Å². The Hall–Kier alpha value is -1.39. The van der Waals surface area contributed by atoms with Gasteiger partial charge in [0.2, 0.25) is 0 Å². The molecule has 20 heavy (non-hydrogen) atoms. The summed E-state index contributed by atoms with van der Waals surface area (Å²) >= 11 is 0. The molecule has 3 rings (SSSR count). The van der Waals surface area contributed by atoms with Gasteiger partial charge in [0.15, 0.2) is 11.4 Å². The third-order valence-corrected chi connectivity index (χ3v) is 3.88. The molecule has 0 spiro atoms. The summed E-state index contributed by atoms with van der Waals surface area (Å²) in [7, 11) is 0. The number of fused-ring (bicyclic) bond motifs is 1. The smallest absolute Gasteiger partial charge is 0.170 e. The Morgan fingerprint density at radius 2 is 2.25 bits per heavy atom. The molecule has 1 aliphatic heterocycles. The third kappa shape index (κ3) is 2.86. The van der Waals surface area contributed by atoms with E-state index in [1.54, 1.807) is 18.2 Å². The van der Waals surface area contributed by atoms with E-state index in [1.165, 1.54) is 12.5 Å². The first kappa shape index (κ1) is 13.6. The summed E-state index contributed by atoms with van der Waals surface area (Å²) in [5.41, 5.74) is 0.218.